The van der Waals surface area contributed by atoms with Crippen molar-refractivity contribution in [1.29, 1.82) is 0 Å². The van der Waals surface area contributed by atoms with Crippen molar-refractivity contribution >= 4 is 0 Å². The summed E-state index contributed by atoms with van der Waals surface area (Å²) in [6.45, 7) is 3.77. The lowest BCUT2D eigenvalue weighted by molar-refractivity contribution is 0.776. The second kappa shape index (κ2) is 3.09. The monoisotopic (exact) mass is 194 g/mol. The van der Waals surface area contributed by atoms with Gasteiger partial charge in [0, 0.05) is 11.3 Å². The molecule has 7 nitrogen and oxygen atoms in total. The molecule has 2 heterocycles. The highest BCUT2D eigenvalue weighted by Crippen LogP contribution is 2.01. The van der Waals surface area contributed by atoms with Crippen LogP contribution in [0.25, 0.3) is 5.95 Å². The summed E-state index contributed by atoms with van der Waals surface area (Å²) in [7, 11) is 0. The van der Waals surface area contributed by atoms with E-state index in [0.29, 0.717) is 6.42 Å². The SMILES string of the molecule is CCc1c(C)[nH]n(-c2nn[nH]n2)c1=O. The Morgan fingerprint density at radius 3 is 2.79 bits per heavy atom. The molecule has 14 heavy (non-hydrogen) atoms. The zero-order chi connectivity index (χ0) is 10.1. The van der Waals surface area contributed by atoms with Crippen LogP contribution in [-0.4, -0.2) is 30.4 Å². The van der Waals surface area contributed by atoms with Crippen molar-refractivity contribution in [2.45, 2.75) is 20.3 Å². The third kappa shape index (κ3) is 1.13. The molecule has 0 aliphatic rings. The number of hydrogen-bond donors (Lipinski definition) is 2. The van der Waals surface area contributed by atoms with Gasteiger partial charge in [-0.15, -0.1) is 5.10 Å². The molecule has 0 amide bonds. The van der Waals surface area contributed by atoms with Crippen LogP contribution < -0.4 is 5.56 Å². The molecule has 0 unspecified atom stereocenters. The van der Waals surface area contributed by atoms with Crippen LogP contribution in [0.1, 0.15) is 18.2 Å². The zero-order valence-corrected chi connectivity index (χ0v) is 7.90. The first-order valence-corrected chi connectivity index (χ1v) is 4.28. The van der Waals surface area contributed by atoms with E-state index in [9.17, 15) is 4.79 Å². The molecule has 2 N–H and O–H groups in total. The lowest BCUT2D eigenvalue weighted by Gasteiger charge is -1.89. The minimum absolute atomic E-state index is 0.119. The molecule has 0 aliphatic heterocycles. The molecule has 0 atom stereocenters. The highest BCUT2D eigenvalue weighted by molar-refractivity contribution is 5.19. The summed E-state index contributed by atoms with van der Waals surface area (Å²) < 4.78 is 1.28. The molecule has 2 aromatic rings. The van der Waals surface area contributed by atoms with Gasteiger partial charge in [0.2, 0.25) is 0 Å². The molecule has 0 aromatic carbocycles. The summed E-state index contributed by atoms with van der Waals surface area (Å²) in [5.74, 6) is 0.234. The predicted molar refractivity (Wildman–Crippen MR) is 48.2 cm³/mol. The predicted octanol–water partition coefficient (Wildman–Crippen LogP) is -0.450. The normalized spacial score (nSPS) is 10.7. The van der Waals surface area contributed by atoms with E-state index in [0.717, 1.165) is 11.3 Å². The highest BCUT2D eigenvalue weighted by Gasteiger charge is 2.12. The molecule has 2 aromatic heterocycles. The average Bonchev–Trinajstić information content (AvgIpc) is 2.74. The van der Waals surface area contributed by atoms with Crippen molar-refractivity contribution in [2.24, 2.45) is 0 Å². The van der Waals surface area contributed by atoms with Gasteiger partial charge in [0.05, 0.1) is 0 Å². The Morgan fingerprint density at radius 2 is 2.29 bits per heavy atom. The fraction of sp³-hybridized carbons (Fsp3) is 0.429. The Labute approximate surface area is 79.1 Å². The van der Waals surface area contributed by atoms with Crippen LogP contribution in [-0.2, 0) is 6.42 Å². The summed E-state index contributed by atoms with van der Waals surface area (Å²) in [5, 5.41) is 16.0. The number of nitrogens with zero attached hydrogens (tertiary/aromatic N) is 4. The maximum Gasteiger partial charge on any atom is 0.291 e. The Morgan fingerprint density at radius 1 is 1.50 bits per heavy atom. The van der Waals surface area contributed by atoms with Crippen LogP contribution in [0.2, 0.25) is 0 Å². The molecule has 0 fully saturated rings. The van der Waals surface area contributed by atoms with Crippen molar-refractivity contribution in [2.75, 3.05) is 0 Å². The lowest BCUT2D eigenvalue weighted by atomic mass is 10.2. The summed E-state index contributed by atoms with van der Waals surface area (Å²) in [6, 6.07) is 0. The molecule has 0 spiro atoms. The molecule has 0 radical (unpaired) electrons. The maximum atomic E-state index is 11.7. The standard InChI is InChI=1S/C7H10N6O/c1-3-5-4(2)10-13(6(5)14)7-8-11-12-9-7/h10H,3H2,1-2H3,(H,8,9,11,12). The van der Waals surface area contributed by atoms with Crippen LogP contribution in [0.5, 0.6) is 0 Å². The van der Waals surface area contributed by atoms with E-state index in [1.165, 1.54) is 4.68 Å². The number of tetrazole rings is 1. The van der Waals surface area contributed by atoms with E-state index in [-0.39, 0.29) is 11.5 Å². The van der Waals surface area contributed by atoms with E-state index >= 15 is 0 Å². The summed E-state index contributed by atoms with van der Waals surface area (Å²) >= 11 is 0. The van der Waals surface area contributed by atoms with Gasteiger partial charge in [0.1, 0.15) is 0 Å². The molecule has 74 valence electrons. The Hall–Kier alpha value is -1.92. The van der Waals surface area contributed by atoms with Crippen molar-refractivity contribution < 1.29 is 0 Å². The lowest BCUT2D eigenvalue weighted by Crippen LogP contribution is -2.18. The number of aromatic nitrogens is 6. The summed E-state index contributed by atoms with van der Waals surface area (Å²) in [6.07, 6.45) is 0.687. The number of aryl methyl sites for hydroxylation is 1. The Balaban J connectivity index is 2.62. The van der Waals surface area contributed by atoms with Gasteiger partial charge in [-0.1, -0.05) is 12.0 Å². The second-order valence-electron chi connectivity index (χ2n) is 2.92. The van der Waals surface area contributed by atoms with Gasteiger partial charge in [-0.25, -0.2) is 0 Å². The van der Waals surface area contributed by atoms with Gasteiger partial charge in [0.25, 0.3) is 11.5 Å². The van der Waals surface area contributed by atoms with Crippen LogP contribution in [0, 0.1) is 6.92 Å². The van der Waals surface area contributed by atoms with Gasteiger partial charge in [-0.05, 0) is 18.6 Å². The number of aromatic amines is 2. The minimum atomic E-state index is -0.119. The van der Waals surface area contributed by atoms with Crippen molar-refractivity contribution in [3.63, 3.8) is 0 Å². The Kier molecular flexibility index (Phi) is 1.91. The highest BCUT2D eigenvalue weighted by atomic mass is 16.1. The van der Waals surface area contributed by atoms with Crippen LogP contribution in [0.4, 0.5) is 0 Å². The van der Waals surface area contributed by atoms with E-state index in [4.69, 9.17) is 0 Å². The second-order valence-corrected chi connectivity index (χ2v) is 2.92. The van der Waals surface area contributed by atoms with E-state index in [1.54, 1.807) is 0 Å². The fourth-order valence-electron chi connectivity index (χ4n) is 1.39. The smallest absolute Gasteiger partial charge is 0.291 e. The fourth-order valence-corrected chi connectivity index (χ4v) is 1.39. The molecule has 0 bridgehead atoms. The van der Waals surface area contributed by atoms with Gasteiger partial charge in [-0.3, -0.25) is 9.89 Å². The number of rotatable bonds is 2. The number of hydrogen-bond acceptors (Lipinski definition) is 4. The first kappa shape index (κ1) is 8.67. The van der Waals surface area contributed by atoms with Gasteiger partial charge < -0.3 is 0 Å². The number of nitrogens with one attached hydrogen (secondary N) is 2. The molecular formula is C7H10N6O. The van der Waals surface area contributed by atoms with Crippen LogP contribution in [0.3, 0.4) is 0 Å². The largest absolute Gasteiger partial charge is 0.292 e. The zero-order valence-electron chi connectivity index (χ0n) is 7.90. The first-order valence-electron chi connectivity index (χ1n) is 4.28. The quantitative estimate of drug-likeness (QED) is 0.677. The van der Waals surface area contributed by atoms with Crippen molar-refractivity contribution in [3.8, 4) is 5.95 Å². The maximum absolute atomic E-state index is 11.7. The van der Waals surface area contributed by atoms with Crippen molar-refractivity contribution in [1.82, 2.24) is 30.4 Å². The average molecular weight is 194 g/mol. The summed E-state index contributed by atoms with van der Waals surface area (Å²) in [4.78, 5) is 11.7. The topological polar surface area (TPSA) is 92.2 Å². The van der Waals surface area contributed by atoms with E-state index in [1.807, 2.05) is 13.8 Å². The molecular weight excluding hydrogens is 184 g/mol. The third-order valence-electron chi connectivity index (χ3n) is 2.08. The third-order valence-corrected chi connectivity index (χ3v) is 2.08. The van der Waals surface area contributed by atoms with Crippen LogP contribution in [0.15, 0.2) is 4.79 Å². The number of H-pyrrole nitrogens is 2. The van der Waals surface area contributed by atoms with E-state index < -0.39 is 0 Å². The molecule has 0 saturated heterocycles. The first-order chi connectivity index (χ1) is 6.74. The Bertz CT molecular complexity index is 479. The summed E-state index contributed by atoms with van der Waals surface area (Å²) in [5.41, 5.74) is 1.46. The molecule has 0 saturated carbocycles. The van der Waals surface area contributed by atoms with Crippen molar-refractivity contribution in [3.05, 3.63) is 21.6 Å². The van der Waals surface area contributed by atoms with Gasteiger partial charge in [0.15, 0.2) is 0 Å². The van der Waals surface area contributed by atoms with Crippen LogP contribution >= 0.6 is 0 Å². The molecule has 7 heteroatoms. The molecule has 2 rings (SSSR count). The van der Waals surface area contributed by atoms with Gasteiger partial charge in [-0.2, -0.15) is 9.90 Å². The van der Waals surface area contributed by atoms with Gasteiger partial charge >= 0.3 is 0 Å². The molecule has 0 aliphatic carbocycles. The minimum Gasteiger partial charge on any atom is -0.292 e. The van der Waals surface area contributed by atoms with E-state index in [2.05, 4.69) is 25.7 Å².